The molecule has 0 aliphatic rings. The Balaban J connectivity index is 1.73. The highest BCUT2D eigenvalue weighted by molar-refractivity contribution is 5.98. The molecule has 0 spiro atoms. The zero-order valence-corrected chi connectivity index (χ0v) is 15.6. The molecule has 7 heteroatoms. The highest BCUT2D eigenvalue weighted by Crippen LogP contribution is 2.26. The van der Waals surface area contributed by atoms with Gasteiger partial charge in [0.05, 0.1) is 23.9 Å². The number of fused-ring (bicyclic) bond motifs is 1. The van der Waals surface area contributed by atoms with E-state index in [0.717, 1.165) is 23.4 Å². The van der Waals surface area contributed by atoms with E-state index in [2.05, 4.69) is 27.0 Å². The average molecular weight is 366 g/mol. The van der Waals surface area contributed by atoms with E-state index < -0.39 is 0 Å². The molecule has 0 unspecified atom stereocenters. The largest absolute Gasteiger partial charge is 0.504 e. The number of carbonyl (C=O) groups is 1. The Morgan fingerprint density at radius 1 is 1.30 bits per heavy atom. The lowest BCUT2D eigenvalue weighted by atomic mass is 10.2. The van der Waals surface area contributed by atoms with Gasteiger partial charge in [0.25, 0.3) is 5.91 Å². The van der Waals surface area contributed by atoms with Gasteiger partial charge >= 0.3 is 0 Å². The minimum Gasteiger partial charge on any atom is -0.504 e. The van der Waals surface area contributed by atoms with Gasteiger partial charge in [-0.3, -0.25) is 4.79 Å². The van der Waals surface area contributed by atoms with Gasteiger partial charge in [-0.25, -0.2) is 10.4 Å². The molecule has 3 rings (SSSR count). The maximum absolute atomic E-state index is 12.3. The molecule has 1 aromatic heterocycles. The summed E-state index contributed by atoms with van der Waals surface area (Å²) in [5.74, 6) is 1.04. The summed E-state index contributed by atoms with van der Waals surface area (Å²) in [4.78, 5) is 16.8. The lowest BCUT2D eigenvalue weighted by Crippen LogP contribution is -2.17. The molecule has 1 amide bonds. The molecule has 0 bridgehead atoms. The number of aryl methyl sites for hydroxylation is 2. The first-order valence-corrected chi connectivity index (χ1v) is 8.79. The van der Waals surface area contributed by atoms with Crippen LogP contribution in [-0.4, -0.2) is 33.4 Å². The molecule has 0 radical (unpaired) electrons. The molecule has 0 atom stereocenters. The van der Waals surface area contributed by atoms with E-state index in [1.165, 1.54) is 12.3 Å². The Bertz CT molecular complexity index is 1010. The molecule has 0 aliphatic heterocycles. The summed E-state index contributed by atoms with van der Waals surface area (Å²) in [5, 5.41) is 13.7. The number of hydrazone groups is 1. The number of nitrogens with zero attached hydrogens (tertiary/aromatic N) is 3. The third-order valence-electron chi connectivity index (χ3n) is 4.18. The van der Waals surface area contributed by atoms with Crippen molar-refractivity contribution in [1.29, 1.82) is 0 Å². The number of aromatic hydroxyl groups is 1. The van der Waals surface area contributed by atoms with E-state index in [1.807, 2.05) is 19.9 Å². The summed E-state index contributed by atoms with van der Waals surface area (Å²) in [6.07, 6.45) is 1.49. The molecule has 1 heterocycles. The van der Waals surface area contributed by atoms with Crippen molar-refractivity contribution in [3.63, 3.8) is 0 Å². The number of imidazole rings is 1. The zero-order valence-electron chi connectivity index (χ0n) is 15.6. The topological polar surface area (TPSA) is 88.7 Å². The van der Waals surface area contributed by atoms with Crippen LogP contribution in [0.15, 0.2) is 41.5 Å². The van der Waals surface area contributed by atoms with Crippen molar-refractivity contribution < 1.29 is 14.6 Å². The summed E-state index contributed by atoms with van der Waals surface area (Å²) >= 11 is 0. The van der Waals surface area contributed by atoms with Gasteiger partial charge in [-0.15, -0.1) is 0 Å². The van der Waals surface area contributed by atoms with Gasteiger partial charge in [-0.1, -0.05) is 0 Å². The number of hydrogen-bond acceptors (Lipinski definition) is 5. The van der Waals surface area contributed by atoms with Crippen LogP contribution in [0.3, 0.4) is 0 Å². The standard InChI is InChI=1S/C20H22N4O3/c1-4-24-13(3)22-16-11-15(7-8-17(16)24)20(26)23-21-12-14-6-9-18(25)19(10-14)27-5-2/h6-12,25H,4-5H2,1-3H3,(H,23,26)/b21-12+. The maximum Gasteiger partial charge on any atom is 0.271 e. The van der Waals surface area contributed by atoms with Crippen LogP contribution in [0.1, 0.15) is 35.6 Å². The second-order valence-electron chi connectivity index (χ2n) is 5.97. The smallest absolute Gasteiger partial charge is 0.271 e. The average Bonchev–Trinajstić information content (AvgIpc) is 2.98. The fourth-order valence-electron chi connectivity index (χ4n) is 2.90. The van der Waals surface area contributed by atoms with Crippen LogP contribution in [-0.2, 0) is 6.54 Å². The zero-order chi connectivity index (χ0) is 19.4. The number of hydrogen-bond donors (Lipinski definition) is 2. The van der Waals surface area contributed by atoms with Gasteiger partial charge in [-0.2, -0.15) is 5.10 Å². The molecule has 27 heavy (non-hydrogen) atoms. The molecular formula is C20H22N4O3. The molecule has 0 saturated carbocycles. The maximum atomic E-state index is 12.3. The van der Waals surface area contributed by atoms with E-state index in [4.69, 9.17) is 4.74 Å². The summed E-state index contributed by atoms with van der Waals surface area (Å²) < 4.78 is 7.42. The number of carbonyl (C=O) groups excluding carboxylic acids is 1. The fraction of sp³-hybridized carbons (Fsp3) is 0.250. The fourth-order valence-corrected chi connectivity index (χ4v) is 2.90. The second kappa shape index (κ2) is 7.90. The highest BCUT2D eigenvalue weighted by atomic mass is 16.5. The van der Waals surface area contributed by atoms with E-state index in [-0.39, 0.29) is 11.7 Å². The number of phenolic OH excluding ortho intramolecular Hbond substituents is 1. The molecule has 3 aromatic rings. The van der Waals surface area contributed by atoms with Gasteiger partial charge in [0, 0.05) is 12.1 Å². The molecule has 2 N–H and O–H groups in total. The molecule has 0 aliphatic carbocycles. The van der Waals surface area contributed by atoms with E-state index in [0.29, 0.717) is 23.5 Å². The number of amides is 1. The third kappa shape index (κ3) is 3.92. The molecule has 0 fully saturated rings. The number of ether oxygens (including phenoxy) is 1. The van der Waals surface area contributed by atoms with Gasteiger partial charge in [0.1, 0.15) is 5.82 Å². The molecular weight excluding hydrogens is 344 g/mol. The van der Waals surface area contributed by atoms with Crippen LogP contribution in [0, 0.1) is 6.92 Å². The van der Waals surface area contributed by atoms with Crippen LogP contribution in [0.4, 0.5) is 0 Å². The van der Waals surface area contributed by atoms with E-state index in [1.54, 1.807) is 24.3 Å². The quantitative estimate of drug-likeness (QED) is 0.518. The summed E-state index contributed by atoms with van der Waals surface area (Å²) in [6.45, 7) is 7.11. The Hall–Kier alpha value is -3.35. The van der Waals surface area contributed by atoms with Crippen molar-refractivity contribution in [1.82, 2.24) is 15.0 Å². The number of aromatic nitrogens is 2. The molecule has 140 valence electrons. The summed E-state index contributed by atoms with van der Waals surface area (Å²) in [7, 11) is 0. The number of rotatable bonds is 6. The van der Waals surface area contributed by atoms with Crippen molar-refractivity contribution >= 4 is 23.2 Å². The Morgan fingerprint density at radius 3 is 2.85 bits per heavy atom. The van der Waals surface area contributed by atoms with Crippen LogP contribution in [0.5, 0.6) is 11.5 Å². The lowest BCUT2D eigenvalue weighted by Gasteiger charge is -2.06. The van der Waals surface area contributed by atoms with Crippen molar-refractivity contribution in [2.24, 2.45) is 5.10 Å². The highest BCUT2D eigenvalue weighted by Gasteiger charge is 2.10. The third-order valence-corrected chi connectivity index (χ3v) is 4.18. The number of nitrogens with one attached hydrogen (secondary N) is 1. The Kier molecular flexibility index (Phi) is 5.40. The molecule has 2 aromatic carbocycles. The van der Waals surface area contributed by atoms with Crippen molar-refractivity contribution in [2.75, 3.05) is 6.61 Å². The number of phenols is 1. The minimum absolute atomic E-state index is 0.0631. The summed E-state index contributed by atoms with van der Waals surface area (Å²) in [5.41, 5.74) is 5.48. The molecule has 7 nitrogen and oxygen atoms in total. The van der Waals surface area contributed by atoms with Crippen molar-refractivity contribution in [3.8, 4) is 11.5 Å². The predicted octanol–water partition coefficient (Wildman–Crippen LogP) is 3.23. The first-order chi connectivity index (χ1) is 13.0. The predicted molar refractivity (Wildman–Crippen MR) is 104 cm³/mol. The second-order valence-corrected chi connectivity index (χ2v) is 5.97. The number of benzene rings is 2. The van der Waals surface area contributed by atoms with Gasteiger partial charge in [0.2, 0.25) is 0 Å². The van der Waals surface area contributed by atoms with E-state index >= 15 is 0 Å². The normalized spacial score (nSPS) is 11.2. The van der Waals surface area contributed by atoms with Crippen molar-refractivity contribution in [2.45, 2.75) is 27.3 Å². The summed E-state index contributed by atoms with van der Waals surface area (Å²) in [6, 6.07) is 10.3. The molecule has 0 saturated heterocycles. The van der Waals surface area contributed by atoms with Crippen LogP contribution in [0.25, 0.3) is 11.0 Å². The monoisotopic (exact) mass is 366 g/mol. The minimum atomic E-state index is -0.319. The lowest BCUT2D eigenvalue weighted by molar-refractivity contribution is 0.0955. The van der Waals surface area contributed by atoms with Gasteiger partial charge in [-0.05, 0) is 62.7 Å². The SMILES string of the molecule is CCOc1cc(/C=N/NC(=O)c2ccc3c(c2)nc(C)n3CC)ccc1O. The van der Waals surface area contributed by atoms with E-state index in [9.17, 15) is 9.90 Å². The first-order valence-electron chi connectivity index (χ1n) is 8.79. The van der Waals surface area contributed by atoms with Gasteiger partial charge in [0.15, 0.2) is 11.5 Å². The van der Waals surface area contributed by atoms with Crippen molar-refractivity contribution in [3.05, 3.63) is 53.3 Å². The van der Waals surface area contributed by atoms with Crippen LogP contribution < -0.4 is 10.2 Å². The Labute approximate surface area is 157 Å². The van der Waals surface area contributed by atoms with Crippen LogP contribution in [0.2, 0.25) is 0 Å². The van der Waals surface area contributed by atoms with Crippen LogP contribution >= 0.6 is 0 Å². The first kappa shape index (κ1) is 18.4. The van der Waals surface area contributed by atoms with Gasteiger partial charge < -0.3 is 14.4 Å². The Morgan fingerprint density at radius 2 is 2.11 bits per heavy atom.